The Balaban J connectivity index is 1.19. The lowest BCUT2D eigenvalue weighted by Gasteiger charge is -2.36. The molecule has 2 aromatic carbocycles. The highest BCUT2D eigenvalue weighted by Gasteiger charge is 2.18. The molecule has 1 aliphatic heterocycles. The number of hydrogen-bond acceptors (Lipinski definition) is 7. The van der Waals surface area contributed by atoms with Gasteiger partial charge in [-0.15, -0.1) is 0 Å². The molecule has 0 radical (unpaired) electrons. The Morgan fingerprint density at radius 2 is 1.86 bits per heavy atom. The molecule has 0 spiro atoms. The molecule has 1 fully saturated rings. The molecule has 2 aromatic heterocycles. The summed E-state index contributed by atoms with van der Waals surface area (Å²) in [5.41, 5.74) is 3.83. The third-order valence-electron chi connectivity index (χ3n) is 8.03. The van der Waals surface area contributed by atoms with Crippen molar-refractivity contribution in [2.75, 3.05) is 44.6 Å². The van der Waals surface area contributed by atoms with E-state index in [1.165, 1.54) is 0 Å². The Kier molecular flexibility index (Phi) is 10.2. The van der Waals surface area contributed by atoms with Crippen molar-refractivity contribution < 1.29 is 4.79 Å². The molecular formula is C34H44N8O. The Bertz CT molecular complexity index is 1580. The van der Waals surface area contributed by atoms with Crippen molar-refractivity contribution in [3.8, 4) is 0 Å². The van der Waals surface area contributed by atoms with Crippen LogP contribution in [0.2, 0.25) is 0 Å². The summed E-state index contributed by atoms with van der Waals surface area (Å²) in [4.78, 5) is 27.3. The summed E-state index contributed by atoms with van der Waals surface area (Å²) in [5.74, 6) is 1.75. The first-order valence-corrected chi connectivity index (χ1v) is 15.4. The molecule has 5 rings (SSSR count). The van der Waals surface area contributed by atoms with E-state index < -0.39 is 0 Å². The van der Waals surface area contributed by atoms with E-state index in [1.807, 2.05) is 54.7 Å². The predicted octanol–water partition coefficient (Wildman–Crippen LogP) is 5.77. The molecule has 0 bridgehead atoms. The average molecular weight is 581 g/mol. The van der Waals surface area contributed by atoms with Gasteiger partial charge in [0.2, 0.25) is 5.91 Å². The quantitative estimate of drug-likeness (QED) is 0.183. The number of nitrogens with one attached hydrogen (secondary N) is 3. The molecule has 0 atom stereocenters. The topological polar surface area (TPSA) is 102 Å². The van der Waals surface area contributed by atoms with Crippen LogP contribution in [-0.4, -0.2) is 81.2 Å². The van der Waals surface area contributed by atoms with Gasteiger partial charge in [0.05, 0.1) is 17.2 Å². The van der Waals surface area contributed by atoms with Gasteiger partial charge in [-0.1, -0.05) is 44.2 Å². The van der Waals surface area contributed by atoms with Crippen LogP contribution in [0.15, 0.2) is 66.9 Å². The minimum Gasteiger partial charge on any atom is -0.353 e. The number of para-hydroxylation sites is 1. The number of nitrogens with zero attached hydrogens (tertiary/aromatic N) is 5. The van der Waals surface area contributed by atoms with Crippen LogP contribution in [0.4, 0.5) is 11.5 Å². The summed E-state index contributed by atoms with van der Waals surface area (Å²) < 4.78 is 0. The number of carbonyl (C=O) groups is 1. The summed E-state index contributed by atoms with van der Waals surface area (Å²) in [6.45, 7) is 14.7. The number of rotatable bonds is 12. The summed E-state index contributed by atoms with van der Waals surface area (Å²) in [6, 6.07) is 14.7. The van der Waals surface area contributed by atoms with Gasteiger partial charge in [-0.05, 0) is 68.6 Å². The lowest BCUT2D eigenvalue weighted by atomic mass is 10.0. The van der Waals surface area contributed by atoms with Crippen LogP contribution in [0, 0.1) is 5.92 Å². The fourth-order valence-corrected chi connectivity index (χ4v) is 5.45. The molecule has 226 valence electrons. The van der Waals surface area contributed by atoms with E-state index in [4.69, 9.17) is 9.97 Å². The molecule has 1 amide bonds. The Hall–Kier alpha value is -4.08. The predicted molar refractivity (Wildman–Crippen MR) is 176 cm³/mol. The summed E-state index contributed by atoms with van der Waals surface area (Å²) in [5, 5.41) is 15.6. The number of aromatic nitrogens is 4. The maximum absolute atomic E-state index is 12.4. The monoisotopic (exact) mass is 580 g/mol. The van der Waals surface area contributed by atoms with Gasteiger partial charge in [0, 0.05) is 61.6 Å². The van der Waals surface area contributed by atoms with Gasteiger partial charge >= 0.3 is 0 Å². The largest absolute Gasteiger partial charge is 0.353 e. The first-order valence-electron chi connectivity index (χ1n) is 15.4. The van der Waals surface area contributed by atoms with E-state index in [-0.39, 0.29) is 11.8 Å². The Morgan fingerprint density at radius 1 is 1.05 bits per heavy atom. The fraction of sp³-hybridized carbons (Fsp3) is 0.412. The minimum absolute atomic E-state index is 0.0979. The van der Waals surface area contributed by atoms with Crippen LogP contribution in [0.1, 0.15) is 46.4 Å². The summed E-state index contributed by atoms with van der Waals surface area (Å²) >= 11 is 0. The molecule has 4 aromatic rings. The minimum atomic E-state index is 0.0979. The van der Waals surface area contributed by atoms with Crippen LogP contribution >= 0.6 is 0 Å². The second-order valence-corrected chi connectivity index (χ2v) is 11.8. The van der Waals surface area contributed by atoms with Crippen molar-refractivity contribution >= 4 is 44.8 Å². The normalized spacial score (nSPS) is 15.3. The van der Waals surface area contributed by atoms with Crippen molar-refractivity contribution in [1.82, 2.24) is 35.3 Å². The second kappa shape index (κ2) is 14.4. The van der Waals surface area contributed by atoms with Gasteiger partial charge in [0.15, 0.2) is 5.82 Å². The van der Waals surface area contributed by atoms with Crippen molar-refractivity contribution in [2.45, 2.75) is 46.6 Å². The van der Waals surface area contributed by atoms with E-state index >= 15 is 0 Å². The number of hydrogen-bond donors (Lipinski definition) is 3. The van der Waals surface area contributed by atoms with Gasteiger partial charge in [-0.2, -0.15) is 5.10 Å². The van der Waals surface area contributed by atoms with E-state index in [0.29, 0.717) is 24.8 Å². The maximum atomic E-state index is 12.4. The number of amides is 1. The Labute approximate surface area is 254 Å². The summed E-state index contributed by atoms with van der Waals surface area (Å²) in [6.07, 6.45) is 9.28. The third kappa shape index (κ3) is 8.06. The van der Waals surface area contributed by atoms with Crippen molar-refractivity contribution in [2.24, 2.45) is 5.92 Å². The highest BCUT2D eigenvalue weighted by Crippen LogP contribution is 2.29. The second-order valence-electron chi connectivity index (χ2n) is 11.8. The number of aromatic amines is 1. The molecule has 0 aliphatic carbocycles. The molecule has 0 unspecified atom stereocenters. The third-order valence-corrected chi connectivity index (χ3v) is 8.03. The number of anilines is 2. The van der Waals surface area contributed by atoms with Crippen molar-refractivity contribution in [1.29, 1.82) is 0 Å². The zero-order chi connectivity index (χ0) is 30.2. The maximum Gasteiger partial charge on any atom is 0.220 e. The average Bonchev–Trinajstić information content (AvgIpc) is 3.47. The van der Waals surface area contributed by atoms with Gasteiger partial charge < -0.3 is 15.5 Å². The zero-order valence-electron chi connectivity index (χ0n) is 25.8. The fourth-order valence-electron chi connectivity index (χ4n) is 5.45. The Morgan fingerprint density at radius 3 is 2.65 bits per heavy atom. The molecule has 1 saturated heterocycles. The van der Waals surface area contributed by atoms with Gasteiger partial charge in [-0.3, -0.25) is 14.8 Å². The first kappa shape index (κ1) is 30.4. The highest BCUT2D eigenvalue weighted by atomic mass is 16.1. The van der Waals surface area contributed by atoms with Crippen molar-refractivity contribution in [3.05, 3.63) is 72.7 Å². The molecule has 3 heterocycles. The number of fused-ring (bicyclic) bond motifs is 2. The van der Waals surface area contributed by atoms with Crippen LogP contribution in [0.25, 0.3) is 27.4 Å². The van der Waals surface area contributed by atoms with E-state index in [2.05, 4.69) is 70.5 Å². The molecule has 43 heavy (non-hydrogen) atoms. The lowest BCUT2D eigenvalue weighted by molar-refractivity contribution is -0.121. The number of H-pyrrole nitrogens is 1. The molecular weight excluding hydrogens is 536 g/mol. The lowest BCUT2D eigenvalue weighted by Crippen LogP contribution is -2.49. The van der Waals surface area contributed by atoms with Gasteiger partial charge in [-0.25, -0.2) is 9.97 Å². The van der Waals surface area contributed by atoms with E-state index in [1.54, 1.807) is 0 Å². The standard InChI is InChI=1S/C34H44N8O/c1-24(2)28(10-7-8-16-35-32(43)13-9-17-41-18-20-42(21-19-41)25(3)4)33-38-31-12-6-5-11-29(31)34(39-33)37-27-14-15-30-26(22-27)23-36-40-30/h5-8,10-12,14-15,22-25H,9,13,16-21H2,1-4H3,(H,35,43)(H,36,40)(H,37,38,39)/b8-7?,28-10+. The zero-order valence-corrected chi connectivity index (χ0v) is 25.8. The summed E-state index contributed by atoms with van der Waals surface area (Å²) in [7, 11) is 0. The smallest absolute Gasteiger partial charge is 0.220 e. The first-order chi connectivity index (χ1) is 20.9. The number of allylic oxidation sites excluding steroid dienone is 3. The van der Waals surface area contributed by atoms with Crippen LogP contribution < -0.4 is 10.6 Å². The van der Waals surface area contributed by atoms with E-state index in [0.717, 1.165) is 78.0 Å². The van der Waals surface area contributed by atoms with Crippen molar-refractivity contribution in [3.63, 3.8) is 0 Å². The van der Waals surface area contributed by atoms with Crippen LogP contribution in [0.5, 0.6) is 0 Å². The number of carbonyl (C=O) groups excluding carboxylic acids is 1. The van der Waals surface area contributed by atoms with Gasteiger partial charge in [0.1, 0.15) is 5.82 Å². The molecule has 0 saturated carbocycles. The van der Waals surface area contributed by atoms with Crippen LogP contribution in [-0.2, 0) is 4.79 Å². The number of benzene rings is 2. The SMILES string of the molecule is CC(C)/C(=C\C=CCNC(=O)CCCN1CCN(C(C)C)CC1)c1nc(Nc2ccc3[nH]ncc3c2)c2ccccc2n1. The van der Waals surface area contributed by atoms with Gasteiger partial charge in [0.25, 0.3) is 0 Å². The molecule has 9 heteroatoms. The van der Waals surface area contributed by atoms with E-state index in [9.17, 15) is 4.79 Å². The van der Waals surface area contributed by atoms with Crippen LogP contribution in [0.3, 0.4) is 0 Å². The molecule has 1 aliphatic rings. The number of piperazine rings is 1. The molecule has 3 N–H and O–H groups in total. The highest BCUT2D eigenvalue weighted by molar-refractivity contribution is 5.93. The molecule has 9 nitrogen and oxygen atoms in total.